The van der Waals surface area contributed by atoms with E-state index in [-0.39, 0.29) is 11.3 Å². The molecule has 7 heteroatoms. The first-order chi connectivity index (χ1) is 14.7. The highest BCUT2D eigenvalue weighted by molar-refractivity contribution is 9.13. The maximum absolute atomic E-state index is 13.3. The molecule has 1 amide bonds. The number of halogens is 2. The Hall–Kier alpha value is -1.70. The minimum Gasteiger partial charge on any atom is -0.447 e. The normalized spacial score (nSPS) is 16.5. The van der Waals surface area contributed by atoms with Crippen LogP contribution in [0.2, 0.25) is 0 Å². The van der Waals surface area contributed by atoms with Crippen molar-refractivity contribution < 1.29 is 9.21 Å². The highest BCUT2D eigenvalue weighted by Gasteiger charge is 2.33. The van der Waals surface area contributed by atoms with Crippen molar-refractivity contribution in [2.24, 2.45) is 16.3 Å². The fraction of sp³-hybridized carbons (Fsp3) is 0.333. The molecule has 0 aliphatic heterocycles. The number of para-hydroxylation sites is 1. The van der Waals surface area contributed by atoms with E-state index >= 15 is 0 Å². The summed E-state index contributed by atoms with van der Waals surface area (Å²) < 4.78 is 7.07. The molecule has 4 nitrogen and oxygen atoms in total. The minimum atomic E-state index is -0.105. The number of nitrogens with zero attached hydrogens (tertiary/aromatic N) is 1. The number of carbonyl (C=O) groups is 1. The van der Waals surface area contributed by atoms with E-state index in [0.717, 1.165) is 40.0 Å². The summed E-state index contributed by atoms with van der Waals surface area (Å²) in [5, 5.41) is 3.78. The van der Waals surface area contributed by atoms with Crippen molar-refractivity contribution in [3.8, 4) is 0 Å². The van der Waals surface area contributed by atoms with Crippen LogP contribution in [0, 0.1) is 11.3 Å². The number of fused-ring (bicyclic) bond motifs is 1. The number of amides is 1. The lowest BCUT2D eigenvalue weighted by Gasteiger charge is -2.33. The van der Waals surface area contributed by atoms with Crippen molar-refractivity contribution in [3.05, 3.63) is 67.3 Å². The minimum absolute atomic E-state index is 0.105. The molecule has 0 bridgehead atoms. The molecule has 0 saturated heterocycles. The van der Waals surface area contributed by atoms with Crippen LogP contribution in [0.15, 0.2) is 54.9 Å². The van der Waals surface area contributed by atoms with Gasteiger partial charge in [-0.05, 0) is 80.2 Å². The van der Waals surface area contributed by atoms with E-state index in [4.69, 9.17) is 4.42 Å². The summed E-state index contributed by atoms with van der Waals surface area (Å²) in [6.45, 7) is 6.89. The number of hydrogen-bond acceptors (Lipinski definition) is 4. The molecule has 1 N–H and O–H groups in total. The topological polar surface area (TPSA) is 54.6 Å². The molecular weight excluding hydrogens is 540 g/mol. The molecule has 1 aliphatic carbocycles. The lowest BCUT2D eigenvalue weighted by molar-refractivity contribution is 0.102. The molecule has 31 heavy (non-hydrogen) atoms. The Bertz CT molecular complexity index is 1110. The summed E-state index contributed by atoms with van der Waals surface area (Å²) in [7, 11) is 0. The monoisotopic (exact) mass is 562 g/mol. The highest BCUT2D eigenvalue weighted by atomic mass is 79.9. The quantitative estimate of drug-likeness (QED) is 0.327. The van der Waals surface area contributed by atoms with Crippen molar-refractivity contribution in [1.29, 1.82) is 0 Å². The van der Waals surface area contributed by atoms with Gasteiger partial charge in [0, 0.05) is 16.6 Å². The zero-order chi connectivity index (χ0) is 22.2. The van der Waals surface area contributed by atoms with Crippen LogP contribution < -0.4 is 5.32 Å². The number of nitrogens with one attached hydrogen (secondary N) is 1. The van der Waals surface area contributed by atoms with Crippen LogP contribution in [0.3, 0.4) is 0 Å². The molecule has 3 aromatic rings. The van der Waals surface area contributed by atoms with Gasteiger partial charge in [0.05, 0.1) is 16.3 Å². The molecule has 162 valence electrons. The molecule has 2 aromatic heterocycles. The summed E-state index contributed by atoms with van der Waals surface area (Å²) in [4.78, 5) is 19.3. The lowest BCUT2D eigenvalue weighted by Crippen LogP contribution is -2.27. The van der Waals surface area contributed by atoms with Gasteiger partial charge in [-0.25, -0.2) is 4.99 Å². The van der Waals surface area contributed by atoms with Crippen LogP contribution in [-0.4, -0.2) is 12.1 Å². The standard InChI is InChI=1S/C24H24Br2N2O2S/c1-24(2,3)14-9-10-17-19(11-14)31-23(27-13-16-12-18(25)21(26)30-16)20(17)22(29)28-15-7-5-4-6-8-15/h4-8,12-14H,9-11H2,1-3H3,(H,28,29)/t14-/m0/s1. The Morgan fingerprint density at radius 3 is 2.65 bits per heavy atom. The fourth-order valence-corrected chi connectivity index (χ4v) is 5.78. The van der Waals surface area contributed by atoms with Gasteiger partial charge in [0.1, 0.15) is 10.8 Å². The molecule has 2 heterocycles. The van der Waals surface area contributed by atoms with Crippen LogP contribution >= 0.6 is 43.2 Å². The predicted octanol–water partition coefficient (Wildman–Crippen LogP) is 8.02. The first kappa shape index (κ1) is 22.5. The summed E-state index contributed by atoms with van der Waals surface area (Å²) >= 11 is 8.40. The predicted molar refractivity (Wildman–Crippen MR) is 135 cm³/mol. The van der Waals surface area contributed by atoms with Crippen LogP contribution in [0.4, 0.5) is 10.7 Å². The number of benzene rings is 1. The second-order valence-electron chi connectivity index (χ2n) is 8.84. The molecule has 0 saturated carbocycles. The molecule has 0 unspecified atom stereocenters. The van der Waals surface area contributed by atoms with Crippen LogP contribution in [-0.2, 0) is 12.8 Å². The van der Waals surface area contributed by atoms with Gasteiger partial charge in [0.2, 0.25) is 0 Å². The molecule has 0 fully saturated rings. The van der Waals surface area contributed by atoms with Crippen LogP contribution in [0.1, 0.15) is 53.8 Å². The number of anilines is 1. The average molecular weight is 564 g/mol. The maximum Gasteiger partial charge on any atom is 0.259 e. The van der Waals surface area contributed by atoms with Crippen LogP contribution in [0.5, 0.6) is 0 Å². The van der Waals surface area contributed by atoms with Gasteiger partial charge >= 0.3 is 0 Å². The Labute approximate surface area is 203 Å². The molecule has 4 rings (SSSR count). The zero-order valence-corrected chi connectivity index (χ0v) is 21.7. The summed E-state index contributed by atoms with van der Waals surface area (Å²) in [5.74, 6) is 1.11. The van der Waals surface area contributed by atoms with Crippen molar-refractivity contribution in [2.75, 3.05) is 5.32 Å². The van der Waals surface area contributed by atoms with Gasteiger partial charge in [-0.1, -0.05) is 39.0 Å². The number of thiophene rings is 1. The molecule has 0 radical (unpaired) electrons. The van der Waals surface area contributed by atoms with E-state index in [1.165, 1.54) is 4.88 Å². The molecule has 1 aromatic carbocycles. The maximum atomic E-state index is 13.3. The second kappa shape index (κ2) is 9.04. The van der Waals surface area contributed by atoms with Gasteiger partial charge in [0.15, 0.2) is 4.67 Å². The number of furan rings is 1. The number of carbonyl (C=O) groups excluding carboxylic acids is 1. The third kappa shape index (κ3) is 5.04. The number of rotatable bonds is 4. The second-order valence-corrected chi connectivity index (χ2v) is 11.5. The van der Waals surface area contributed by atoms with Crippen molar-refractivity contribution in [1.82, 2.24) is 0 Å². The van der Waals surface area contributed by atoms with Crippen molar-refractivity contribution in [3.63, 3.8) is 0 Å². The summed E-state index contributed by atoms with van der Waals surface area (Å²) in [6.07, 6.45) is 4.65. The zero-order valence-electron chi connectivity index (χ0n) is 17.7. The average Bonchev–Trinajstić information content (AvgIpc) is 3.25. The summed E-state index contributed by atoms with van der Waals surface area (Å²) in [6, 6.07) is 11.4. The molecule has 1 atom stereocenters. The largest absolute Gasteiger partial charge is 0.447 e. The SMILES string of the molecule is CC(C)(C)[C@H]1CCc2c(sc(N=Cc3cc(Br)c(Br)o3)c2C(=O)Nc2ccccc2)C1. The van der Waals surface area contributed by atoms with Gasteiger partial charge in [-0.15, -0.1) is 11.3 Å². The fourth-order valence-electron chi connectivity index (χ4n) is 3.90. The van der Waals surface area contributed by atoms with Gasteiger partial charge in [-0.3, -0.25) is 4.79 Å². The third-order valence-corrected chi connectivity index (χ3v) is 8.58. The number of hydrogen-bond donors (Lipinski definition) is 1. The van der Waals surface area contributed by atoms with Gasteiger partial charge < -0.3 is 9.73 Å². The van der Waals surface area contributed by atoms with Crippen molar-refractivity contribution in [2.45, 2.75) is 40.0 Å². The molecule has 0 spiro atoms. The molecular formula is C24H24Br2N2O2S. The van der Waals surface area contributed by atoms with Gasteiger partial charge in [0.25, 0.3) is 5.91 Å². The Balaban J connectivity index is 1.70. The Kier molecular flexibility index (Phi) is 6.56. The van der Waals surface area contributed by atoms with E-state index in [0.29, 0.717) is 21.9 Å². The van der Waals surface area contributed by atoms with E-state index < -0.39 is 0 Å². The third-order valence-electron chi connectivity index (χ3n) is 5.70. The lowest BCUT2D eigenvalue weighted by atomic mass is 9.72. The van der Waals surface area contributed by atoms with E-state index in [1.807, 2.05) is 36.4 Å². The van der Waals surface area contributed by atoms with Crippen molar-refractivity contribution >= 4 is 66.0 Å². The Morgan fingerprint density at radius 1 is 1.26 bits per heavy atom. The van der Waals surface area contributed by atoms with Gasteiger partial charge in [-0.2, -0.15) is 0 Å². The smallest absolute Gasteiger partial charge is 0.259 e. The summed E-state index contributed by atoms with van der Waals surface area (Å²) in [5.41, 5.74) is 2.86. The van der Waals surface area contributed by atoms with E-state index in [9.17, 15) is 4.79 Å². The van der Waals surface area contributed by atoms with Crippen LogP contribution in [0.25, 0.3) is 0 Å². The molecule has 1 aliphatic rings. The number of aliphatic imine (C=N–C) groups is 1. The van der Waals surface area contributed by atoms with E-state index in [2.05, 4.69) is 62.9 Å². The van der Waals surface area contributed by atoms with E-state index in [1.54, 1.807) is 17.6 Å². The highest BCUT2D eigenvalue weighted by Crippen LogP contribution is 2.45. The Morgan fingerprint density at radius 2 is 2.00 bits per heavy atom. The first-order valence-electron chi connectivity index (χ1n) is 10.2. The first-order valence-corrected chi connectivity index (χ1v) is 12.6.